The molecule has 2 aromatic carbocycles. The Hall–Kier alpha value is -2.13. The zero-order valence-electron chi connectivity index (χ0n) is 14.1. The summed E-state index contributed by atoms with van der Waals surface area (Å²) in [7, 11) is 1.62. The molecule has 0 bridgehead atoms. The van der Waals surface area contributed by atoms with Crippen molar-refractivity contribution in [3.63, 3.8) is 0 Å². The zero-order chi connectivity index (χ0) is 16.7. The number of aryl methyl sites for hydroxylation is 1. The lowest BCUT2D eigenvalue weighted by molar-refractivity contribution is 0.0979. The van der Waals surface area contributed by atoms with E-state index in [0.29, 0.717) is 12.1 Å². The Morgan fingerprint density at radius 2 is 1.70 bits per heavy atom. The van der Waals surface area contributed by atoms with Gasteiger partial charge in [0, 0.05) is 11.1 Å². The van der Waals surface area contributed by atoms with Crippen molar-refractivity contribution >= 4 is 5.78 Å². The molecule has 0 saturated heterocycles. The average molecular weight is 311 g/mol. The number of carbonyl (C=O) groups is 1. The summed E-state index contributed by atoms with van der Waals surface area (Å²) in [6.45, 7) is 4.61. The van der Waals surface area contributed by atoms with Gasteiger partial charge in [0.2, 0.25) is 0 Å². The number of ether oxygens (including phenoxy) is 1. The maximum atomic E-state index is 12.3. The predicted octanol–water partition coefficient (Wildman–Crippen LogP) is 3.88. The van der Waals surface area contributed by atoms with Crippen LogP contribution < -0.4 is 10.1 Å². The second-order valence-electron chi connectivity index (χ2n) is 6.37. The molecule has 122 valence electrons. The number of hydrogen-bond donors (Lipinski definition) is 1. The first-order chi connectivity index (χ1) is 11.0. The second-order valence-corrected chi connectivity index (χ2v) is 6.37. The van der Waals surface area contributed by atoms with Crippen molar-refractivity contribution in [2.24, 2.45) is 0 Å². The van der Waals surface area contributed by atoms with Crippen molar-refractivity contribution < 1.29 is 9.53 Å². The normalized spacial score (nSPS) is 11.3. The molecular formula is C20H25NO2. The molecule has 23 heavy (non-hydrogen) atoms. The van der Waals surface area contributed by atoms with Crippen LogP contribution in [0, 0.1) is 0 Å². The van der Waals surface area contributed by atoms with E-state index in [-0.39, 0.29) is 11.3 Å². The van der Waals surface area contributed by atoms with Crippen LogP contribution in [0.1, 0.15) is 36.2 Å². The summed E-state index contributed by atoms with van der Waals surface area (Å²) in [4.78, 5) is 12.3. The van der Waals surface area contributed by atoms with Crippen LogP contribution in [0.5, 0.6) is 5.75 Å². The van der Waals surface area contributed by atoms with Crippen LogP contribution in [0.25, 0.3) is 0 Å². The summed E-state index contributed by atoms with van der Waals surface area (Å²) < 4.78 is 5.11. The molecule has 0 fully saturated rings. The summed E-state index contributed by atoms with van der Waals surface area (Å²) in [5.41, 5.74) is 1.94. The van der Waals surface area contributed by atoms with Gasteiger partial charge < -0.3 is 10.1 Å². The summed E-state index contributed by atoms with van der Waals surface area (Å²) in [6.07, 6.45) is 1.98. The summed E-state index contributed by atoms with van der Waals surface area (Å²) in [6, 6.07) is 17.7. The van der Waals surface area contributed by atoms with Crippen LogP contribution in [0.2, 0.25) is 0 Å². The third kappa shape index (κ3) is 5.53. The van der Waals surface area contributed by atoms with E-state index in [4.69, 9.17) is 4.74 Å². The molecule has 0 saturated carbocycles. The molecule has 3 nitrogen and oxygen atoms in total. The number of nitrogens with one attached hydrogen (secondary N) is 1. The molecule has 1 N–H and O–H groups in total. The molecule has 0 radical (unpaired) electrons. The number of carbonyl (C=O) groups excluding carboxylic acids is 1. The SMILES string of the molecule is COc1ccc(C(=O)CNC(C)(C)CCc2ccccc2)cc1. The summed E-state index contributed by atoms with van der Waals surface area (Å²) >= 11 is 0. The largest absolute Gasteiger partial charge is 0.497 e. The van der Waals surface area contributed by atoms with Gasteiger partial charge in [-0.25, -0.2) is 0 Å². The summed E-state index contributed by atoms with van der Waals surface area (Å²) in [5.74, 6) is 0.859. The van der Waals surface area contributed by atoms with E-state index in [2.05, 4.69) is 43.4 Å². The van der Waals surface area contributed by atoms with Crippen LogP contribution >= 0.6 is 0 Å². The minimum Gasteiger partial charge on any atom is -0.497 e. The van der Waals surface area contributed by atoms with E-state index in [1.54, 1.807) is 19.2 Å². The molecule has 2 rings (SSSR count). The minimum absolute atomic E-state index is 0.0853. The van der Waals surface area contributed by atoms with Crippen molar-refractivity contribution in [2.75, 3.05) is 13.7 Å². The first-order valence-corrected chi connectivity index (χ1v) is 7.96. The van der Waals surface area contributed by atoms with E-state index in [1.165, 1.54) is 5.56 Å². The Morgan fingerprint density at radius 3 is 2.30 bits per heavy atom. The van der Waals surface area contributed by atoms with Crippen molar-refractivity contribution in [2.45, 2.75) is 32.2 Å². The first-order valence-electron chi connectivity index (χ1n) is 7.96. The smallest absolute Gasteiger partial charge is 0.176 e. The highest BCUT2D eigenvalue weighted by Crippen LogP contribution is 2.15. The number of rotatable bonds is 8. The van der Waals surface area contributed by atoms with E-state index in [9.17, 15) is 4.79 Å². The lowest BCUT2D eigenvalue weighted by Crippen LogP contribution is -2.42. The molecule has 2 aromatic rings. The molecule has 0 spiro atoms. The number of Topliss-reactive ketones (excluding diaryl/α,β-unsaturated/α-hetero) is 1. The van der Waals surface area contributed by atoms with Gasteiger partial charge in [0.15, 0.2) is 5.78 Å². The van der Waals surface area contributed by atoms with Crippen LogP contribution in [0.3, 0.4) is 0 Å². The first kappa shape index (κ1) is 17.2. The Labute approximate surface area is 138 Å². The Kier molecular flexibility index (Phi) is 5.94. The van der Waals surface area contributed by atoms with Gasteiger partial charge >= 0.3 is 0 Å². The van der Waals surface area contributed by atoms with Gasteiger partial charge in [-0.15, -0.1) is 0 Å². The molecule has 0 unspecified atom stereocenters. The van der Waals surface area contributed by atoms with Crippen molar-refractivity contribution in [1.82, 2.24) is 5.32 Å². The van der Waals surface area contributed by atoms with Crippen LogP contribution in [-0.2, 0) is 6.42 Å². The standard InChI is InChI=1S/C20H25NO2/c1-20(2,14-13-16-7-5-4-6-8-16)21-15-19(22)17-9-11-18(23-3)12-10-17/h4-12,21H,13-15H2,1-3H3. The Balaban J connectivity index is 1.84. The maximum Gasteiger partial charge on any atom is 0.176 e. The molecule has 0 atom stereocenters. The van der Waals surface area contributed by atoms with Crippen LogP contribution in [0.4, 0.5) is 0 Å². The Morgan fingerprint density at radius 1 is 1.04 bits per heavy atom. The quantitative estimate of drug-likeness (QED) is 0.752. The molecule has 3 heteroatoms. The van der Waals surface area contributed by atoms with E-state index < -0.39 is 0 Å². The van der Waals surface area contributed by atoms with Gasteiger partial charge in [-0.3, -0.25) is 4.79 Å². The number of hydrogen-bond acceptors (Lipinski definition) is 3. The highest BCUT2D eigenvalue weighted by molar-refractivity contribution is 5.97. The number of benzene rings is 2. The van der Waals surface area contributed by atoms with Gasteiger partial charge in [0.05, 0.1) is 13.7 Å². The van der Waals surface area contributed by atoms with E-state index in [0.717, 1.165) is 18.6 Å². The molecule has 0 aromatic heterocycles. The van der Waals surface area contributed by atoms with Crippen LogP contribution in [-0.4, -0.2) is 25.0 Å². The predicted molar refractivity (Wildman–Crippen MR) is 94.2 cm³/mol. The van der Waals surface area contributed by atoms with Gasteiger partial charge in [-0.2, -0.15) is 0 Å². The number of ketones is 1. The molecule has 0 amide bonds. The molecular weight excluding hydrogens is 286 g/mol. The molecule has 0 heterocycles. The third-order valence-electron chi connectivity index (χ3n) is 4.02. The zero-order valence-corrected chi connectivity index (χ0v) is 14.1. The monoisotopic (exact) mass is 311 g/mol. The highest BCUT2D eigenvalue weighted by Gasteiger charge is 2.18. The molecule has 0 aliphatic rings. The topological polar surface area (TPSA) is 38.3 Å². The fourth-order valence-corrected chi connectivity index (χ4v) is 2.39. The highest BCUT2D eigenvalue weighted by atomic mass is 16.5. The maximum absolute atomic E-state index is 12.3. The molecule has 0 aliphatic carbocycles. The van der Waals surface area contributed by atoms with Gasteiger partial charge in [0.1, 0.15) is 5.75 Å². The molecule has 0 aliphatic heterocycles. The third-order valence-corrected chi connectivity index (χ3v) is 4.02. The fraction of sp³-hybridized carbons (Fsp3) is 0.350. The average Bonchev–Trinajstić information content (AvgIpc) is 2.59. The minimum atomic E-state index is -0.0853. The lowest BCUT2D eigenvalue weighted by Gasteiger charge is -2.26. The van der Waals surface area contributed by atoms with Crippen molar-refractivity contribution in [1.29, 1.82) is 0 Å². The van der Waals surface area contributed by atoms with Crippen molar-refractivity contribution in [3.05, 3.63) is 65.7 Å². The van der Waals surface area contributed by atoms with E-state index in [1.807, 2.05) is 18.2 Å². The van der Waals surface area contributed by atoms with Gasteiger partial charge in [-0.1, -0.05) is 30.3 Å². The van der Waals surface area contributed by atoms with Crippen molar-refractivity contribution in [3.8, 4) is 5.75 Å². The Bertz CT molecular complexity index is 618. The second kappa shape index (κ2) is 7.93. The van der Waals surface area contributed by atoms with Gasteiger partial charge in [-0.05, 0) is 56.5 Å². The lowest BCUT2D eigenvalue weighted by atomic mass is 9.95. The summed E-state index contributed by atoms with van der Waals surface area (Å²) in [5, 5.41) is 3.38. The van der Waals surface area contributed by atoms with Crippen LogP contribution in [0.15, 0.2) is 54.6 Å². The van der Waals surface area contributed by atoms with E-state index >= 15 is 0 Å². The number of methoxy groups -OCH3 is 1. The fourth-order valence-electron chi connectivity index (χ4n) is 2.39. The van der Waals surface area contributed by atoms with Gasteiger partial charge in [0.25, 0.3) is 0 Å².